The van der Waals surface area contributed by atoms with E-state index in [2.05, 4.69) is 32.2 Å². The maximum absolute atomic E-state index is 9.32. The van der Waals surface area contributed by atoms with Gasteiger partial charge in [-0.3, -0.25) is 0 Å². The fourth-order valence-electron chi connectivity index (χ4n) is 2.89. The fourth-order valence-corrected chi connectivity index (χ4v) is 2.89. The molecule has 4 atom stereocenters. The van der Waals surface area contributed by atoms with E-state index in [-0.39, 0.29) is 6.10 Å². The molecule has 0 aromatic heterocycles. The van der Waals surface area contributed by atoms with Crippen LogP contribution >= 0.6 is 0 Å². The molecule has 0 aromatic carbocycles. The van der Waals surface area contributed by atoms with Crippen LogP contribution in [0.2, 0.25) is 0 Å². The SMILES string of the molecule is CC1=CCC[C@H](C)[C@@H]1CNC[C@@H](C)C[C@@H](C)O. The third kappa shape index (κ3) is 5.22. The summed E-state index contributed by atoms with van der Waals surface area (Å²) in [4.78, 5) is 0. The van der Waals surface area contributed by atoms with Gasteiger partial charge in [0.05, 0.1) is 6.10 Å². The zero-order valence-corrected chi connectivity index (χ0v) is 11.9. The van der Waals surface area contributed by atoms with Crippen LogP contribution < -0.4 is 5.32 Å². The predicted molar refractivity (Wildman–Crippen MR) is 74.0 cm³/mol. The number of aliphatic hydroxyl groups is 1. The molecule has 0 aromatic rings. The van der Waals surface area contributed by atoms with E-state index in [0.29, 0.717) is 11.8 Å². The van der Waals surface area contributed by atoms with E-state index in [0.717, 1.165) is 25.4 Å². The lowest BCUT2D eigenvalue weighted by Crippen LogP contribution is -2.32. The van der Waals surface area contributed by atoms with Gasteiger partial charge in [-0.2, -0.15) is 0 Å². The van der Waals surface area contributed by atoms with Crippen LogP contribution in [0.4, 0.5) is 0 Å². The van der Waals surface area contributed by atoms with E-state index in [1.54, 1.807) is 5.57 Å². The Kier molecular flexibility index (Phi) is 6.21. The van der Waals surface area contributed by atoms with Crippen molar-refractivity contribution in [2.75, 3.05) is 13.1 Å². The molecular weight excluding hydrogens is 210 g/mol. The minimum atomic E-state index is -0.179. The third-order valence-electron chi connectivity index (χ3n) is 3.96. The van der Waals surface area contributed by atoms with Gasteiger partial charge in [0.15, 0.2) is 0 Å². The molecule has 0 fully saturated rings. The topological polar surface area (TPSA) is 32.3 Å². The summed E-state index contributed by atoms with van der Waals surface area (Å²) in [5.74, 6) is 2.07. The second-order valence-electron chi connectivity index (χ2n) is 5.96. The van der Waals surface area contributed by atoms with Crippen LogP contribution in [0.5, 0.6) is 0 Å². The summed E-state index contributed by atoms with van der Waals surface area (Å²) in [6.45, 7) is 10.8. The number of hydrogen-bond donors (Lipinski definition) is 2. The highest BCUT2D eigenvalue weighted by atomic mass is 16.3. The molecule has 0 radical (unpaired) electrons. The normalized spacial score (nSPS) is 28.6. The van der Waals surface area contributed by atoms with Crippen LogP contribution in [-0.2, 0) is 0 Å². The van der Waals surface area contributed by atoms with E-state index in [1.807, 2.05) is 6.92 Å². The van der Waals surface area contributed by atoms with Gasteiger partial charge in [0.1, 0.15) is 0 Å². The highest BCUT2D eigenvalue weighted by Gasteiger charge is 2.21. The van der Waals surface area contributed by atoms with Crippen molar-refractivity contribution in [1.82, 2.24) is 5.32 Å². The molecule has 2 nitrogen and oxygen atoms in total. The lowest BCUT2D eigenvalue weighted by Gasteiger charge is -2.29. The van der Waals surface area contributed by atoms with Gasteiger partial charge >= 0.3 is 0 Å². The molecule has 100 valence electrons. The second kappa shape index (κ2) is 7.17. The number of hydrogen-bond acceptors (Lipinski definition) is 2. The molecule has 0 unspecified atom stereocenters. The van der Waals surface area contributed by atoms with Crippen molar-refractivity contribution in [1.29, 1.82) is 0 Å². The maximum Gasteiger partial charge on any atom is 0.0515 e. The average molecular weight is 239 g/mol. The Morgan fingerprint density at radius 2 is 2.18 bits per heavy atom. The molecule has 1 aliphatic carbocycles. The first-order chi connectivity index (χ1) is 8.00. The van der Waals surface area contributed by atoms with Crippen molar-refractivity contribution >= 4 is 0 Å². The quantitative estimate of drug-likeness (QED) is 0.698. The number of allylic oxidation sites excluding steroid dienone is 1. The summed E-state index contributed by atoms with van der Waals surface area (Å²) in [5.41, 5.74) is 1.56. The summed E-state index contributed by atoms with van der Waals surface area (Å²) in [6, 6.07) is 0. The predicted octanol–water partition coefficient (Wildman–Crippen LogP) is 2.98. The molecule has 1 aliphatic rings. The summed E-state index contributed by atoms with van der Waals surface area (Å²) in [6.07, 6.45) is 5.68. The standard InChI is InChI=1S/C15H29NO/c1-11(8-14(4)17)9-16-10-15-12(2)6-5-7-13(15)3/h6,11,13-17H,5,7-10H2,1-4H3/t11-,13-,14+,15+/m0/s1. The van der Waals surface area contributed by atoms with Crippen molar-refractivity contribution in [2.45, 2.75) is 53.1 Å². The molecule has 0 saturated heterocycles. The largest absolute Gasteiger partial charge is 0.393 e. The highest BCUT2D eigenvalue weighted by Crippen LogP contribution is 2.29. The van der Waals surface area contributed by atoms with Gasteiger partial charge in [0, 0.05) is 6.54 Å². The van der Waals surface area contributed by atoms with Gasteiger partial charge in [-0.15, -0.1) is 0 Å². The smallest absolute Gasteiger partial charge is 0.0515 e. The Balaban J connectivity index is 2.25. The third-order valence-corrected chi connectivity index (χ3v) is 3.96. The van der Waals surface area contributed by atoms with E-state index in [4.69, 9.17) is 0 Å². The first kappa shape index (κ1) is 14.7. The van der Waals surface area contributed by atoms with Gasteiger partial charge in [0.25, 0.3) is 0 Å². The second-order valence-corrected chi connectivity index (χ2v) is 5.96. The minimum absolute atomic E-state index is 0.179. The first-order valence-corrected chi connectivity index (χ1v) is 7.06. The van der Waals surface area contributed by atoms with Crippen molar-refractivity contribution in [3.05, 3.63) is 11.6 Å². The van der Waals surface area contributed by atoms with E-state index >= 15 is 0 Å². The van der Waals surface area contributed by atoms with Crippen LogP contribution in [-0.4, -0.2) is 24.3 Å². The van der Waals surface area contributed by atoms with Crippen LogP contribution in [0, 0.1) is 17.8 Å². The lowest BCUT2D eigenvalue weighted by molar-refractivity contribution is 0.162. The Labute approximate surface area is 106 Å². The molecule has 0 aliphatic heterocycles. The highest BCUT2D eigenvalue weighted by molar-refractivity contribution is 5.09. The Morgan fingerprint density at radius 3 is 2.76 bits per heavy atom. The van der Waals surface area contributed by atoms with Crippen molar-refractivity contribution in [3.8, 4) is 0 Å². The van der Waals surface area contributed by atoms with Crippen LogP contribution in [0.3, 0.4) is 0 Å². The zero-order chi connectivity index (χ0) is 12.8. The summed E-state index contributed by atoms with van der Waals surface area (Å²) in [7, 11) is 0. The van der Waals surface area contributed by atoms with Gasteiger partial charge in [-0.1, -0.05) is 25.5 Å². The van der Waals surface area contributed by atoms with Crippen molar-refractivity contribution in [3.63, 3.8) is 0 Å². The summed E-state index contributed by atoms with van der Waals surface area (Å²) >= 11 is 0. The van der Waals surface area contributed by atoms with Crippen molar-refractivity contribution in [2.24, 2.45) is 17.8 Å². The molecule has 0 saturated carbocycles. The van der Waals surface area contributed by atoms with Crippen LogP contribution in [0.1, 0.15) is 47.0 Å². The van der Waals surface area contributed by atoms with E-state index < -0.39 is 0 Å². The Morgan fingerprint density at radius 1 is 1.47 bits per heavy atom. The Bertz CT molecular complexity index is 247. The molecule has 17 heavy (non-hydrogen) atoms. The summed E-state index contributed by atoms with van der Waals surface area (Å²) in [5, 5.41) is 12.9. The number of aliphatic hydroxyl groups excluding tert-OH is 1. The molecule has 0 spiro atoms. The van der Waals surface area contributed by atoms with Crippen LogP contribution in [0.25, 0.3) is 0 Å². The molecule has 0 bridgehead atoms. The fraction of sp³-hybridized carbons (Fsp3) is 0.867. The van der Waals surface area contributed by atoms with Gasteiger partial charge in [-0.05, 0) is 57.4 Å². The van der Waals surface area contributed by atoms with E-state index in [1.165, 1.54) is 12.8 Å². The summed E-state index contributed by atoms with van der Waals surface area (Å²) < 4.78 is 0. The minimum Gasteiger partial charge on any atom is -0.393 e. The van der Waals surface area contributed by atoms with Crippen LogP contribution in [0.15, 0.2) is 11.6 Å². The zero-order valence-electron chi connectivity index (χ0n) is 11.9. The molecule has 2 N–H and O–H groups in total. The number of rotatable bonds is 6. The number of nitrogens with one attached hydrogen (secondary N) is 1. The maximum atomic E-state index is 9.32. The van der Waals surface area contributed by atoms with Gasteiger partial charge in [-0.25, -0.2) is 0 Å². The van der Waals surface area contributed by atoms with Gasteiger partial charge in [0.2, 0.25) is 0 Å². The monoisotopic (exact) mass is 239 g/mol. The lowest BCUT2D eigenvalue weighted by atomic mass is 9.80. The van der Waals surface area contributed by atoms with E-state index in [9.17, 15) is 5.11 Å². The molecule has 0 heterocycles. The molecule has 2 heteroatoms. The molecular formula is C15H29NO. The van der Waals surface area contributed by atoms with Gasteiger partial charge < -0.3 is 10.4 Å². The molecule has 1 rings (SSSR count). The average Bonchev–Trinajstić information content (AvgIpc) is 2.21. The van der Waals surface area contributed by atoms with Crippen molar-refractivity contribution < 1.29 is 5.11 Å². The Hall–Kier alpha value is -0.340. The molecule has 0 amide bonds. The first-order valence-electron chi connectivity index (χ1n) is 7.06.